The van der Waals surface area contributed by atoms with Crippen molar-refractivity contribution < 1.29 is 14.2 Å². The summed E-state index contributed by atoms with van der Waals surface area (Å²) in [6.45, 7) is 3.39. The first-order valence-corrected chi connectivity index (χ1v) is 6.98. The van der Waals surface area contributed by atoms with Crippen LogP contribution >= 0.6 is 0 Å². The number of fused-ring (bicyclic) bond motifs is 1. The highest BCUT2D eigenvalue weighted by atomic mass is 16.7. The number of methoxy groups -OCH3 is 1. The molecule has 1 aliphatic carbocycles. The van der Waals surface area contributed by atoms with Crippen molar-refractivity contribution in [1.29, 1.82) is 0 Å². The molecule has 0 bridgehead atoms. The van der Waals surface area contributed by atoms with Crippen LogP contribution in [0.25, 0.3) is 0 Å². The molecule has 1 unspecified atom stereocenters. The Kier molecular flexibility index (Phi) is 3.51. The van der Waals surface area contributed by atoms with E-state index in [0.717, 1.165) is 29.7 Å². The largest absolute Gasteiger partial charge is 0.493 e. The molecule has 3 rings (SSSR count). The van der Waals surface area contributed by atoms with Crippen LogP contribution in [0.15, 0.2) is 12.1 Å². The third kappa shape index (κ3) is 2.50. The zero-order valence-electron chi connectivity index (χ0n) is 11.6. The Bertz CT molecular complexity index is 457. The smallest absolute Gasteiger partial charge is 0.231 e. The Labute approximate surface area is 114 Å². The van der Waals surface area contributed by atoms with E-state index in [1.807, 2.05) is 12.1 Å². The molecule has 1 N–H and O–H groups in total. The average molecular weight is 263 g/mol. The fraction of sp³-hybridized carbons (Fsp3) is 0.600. The predicted octanol–water partition coefficient (Wildman–Crippen LogP) is 2.70. The number of hydrogen-bond acceptors (Lipinski definition) is 4. The number of ether oxygens (including phenoxy) is 3. The molecule has 0 saturated heterocycles. The van der Waals surface area contributed by atoms with Crippen LogP contribution in [0.4, 0.5) is 0 Å². The summed E-state index contributed by atoms with van der Waals surface area (Å²) < 4.78 is 16.2. The van der Waals surface area contributed by atoms with Crippen LogP contribution in [0.2, 0.25) is 0 Å². The van der Waals surface area contributed by atoms with E-state index in [1.165, 1.54) is 24.8 Å². The maximum Gasteiger partial charge on any atom is 0.231 e. The number of benzene rings is 1. The normalized spacial score (nSPS) is 19.1. The van der Waals surface area contributed by atoms with Gasteiger partial charge in [-0.3, -0.25) is 0 Å². The Morgan fingerprint density at radius 3 is 2.89 bits per heavy atom. The first-order valence-electron chi connectivity index (χ1n) is 6.98. The van der Waals surface area contributed by atoms with E-state index in [0.29, 0.717) is 6.04 Å². The zero-order valence-corrected chi connectivity index (χ0v) is 11.6. The van der Waals surface area contributed by atoms with Gasteiger partial charge in [-0.1, -0.05) is 6.42 Å². The van der Waals surface area contributed by atoms with Gasteiger partial charge < -0.3 is 19.5 Å². The van der Waals surface area contributed by atoms with Crippen molar-refractivity contribution in [2.24, 2.45) is 5.92 Å². The highest BCUT2D eigenvalue weighted by Crippen LogP contribution is 2.41. The van der Waals surface area contributed by atoms with E-state index in [9.17, 15) is 0 Å². The second-order valence-corrected chi connectivity index (χ2v) is 5.39. The van der Waals surface area contributed by atoms with E-state index >= 15 is 0 Å². The van der Waals surface area contributed by atoms with Crippen molar-refractivity contribution in [3.8, 4) is 17.2 Å². The molecule has 1 aromatic rings. The summed E-state index contributed by atoms with van der Waals surface area (Å²) in [4.78, 5) is 0. The monoisotopic (exact) mass is 263 g/mol. The molecule has 1 aliphatic heterocycles. The van der Waals surface area contributed by atoms with Gasteiger partial charge in [0.25, 0.3) is 0 Å². The number of nitrogens with one attached hydrogen (secondary N) is 1. The summed E-state index contributed by atoms with van der Waals surface area (Å²) in [5, 5.41) is 3.59. The van der Waals surface area contributed by atoms with Gasteiger partial charge in [0.2, 0.25) is 12.5 Å². The predicted molar refractivity (Wildman–Crippen MR) is 72.8 cm³/mol. The molecule has 1 atom stereocenters. The van der Waals surface area contributed by atoms with Crippen molar-refractivity contribution in [3.05, 3.63) is 17.7 Å². The SMILES string of the molecule is COc1cc(CNC(C)C2CCC2)cc2c1OCO2. The van der Waals surface area contributed by atoms with Crippen molar-refractivity contribution >= 4 is 0 Å². The average Bonchev–Trinajstić information content (AvgIpc) is 2.81. The van der Waals surface area contributed by atoms with Gasteiger partial charge in [-0.15, -0.1) is 0 Å². The minimum absolute atomic E-state index is 0.279. The van der Waals surface area contributed by atoms with Gasteiger partial charge in [0.15, 0.2) is 11.5 Å². The van der Waals surface area contributed by atoms with Gasteiger partial charge in [-0.25, -0.2) is 0 Å². The summed E-state index contributed by atoms with van der Waals surface area (Å²) in [5.74, 6) is 3.10. The van der Waals surface area contributed by atoms with Gasteiger partial charge in [0.05, 0.1) is 7.11 Å². The van der Waals surface area contributed by atoms with Gasteiger partial charge in [-0.05, 0) is 43.4 Å². The molecule has 0 aromatic heterocycles. The maximum absolute atomic E-state index is 5.44. The first-order chi connectivity index (χ1) is 9.28. The Balaban J connectivity index is 1.67. The molecule has 104 valence electrons. The van der Waals surface area contributed by atoms with E-state index < -0.39 is 0 Å². The van der Waals surface area contributed by atoms with Crippen LogP contribution in [0, 0.1) is 5.92 Å². The Hall–Kier alpha value is -1.42. The third-order valence-electron chi connectivity index (χ3n) is 4.20. The number of rotatable bonds is 5. The van der Waals surface area contributed by atoms with E-state index in [1.54, 1.807) is 7.11 Å². The molecule has 0 radical (unpaired) electrons. The summed E-state index contributed by atoms with van der Waals surface area (Å²) in [6.07, 6.45) is 4.10. The fourth-order valence-corrected chi connectivity index (χ4v) is 2.67. The lowest BCUT2D eigenvalue weighted by Crippen LogP contribution is -2.36. The molecule has 1 heterocycles. The molecule has 0 amide bonds. The standard InChI is InChI=1S/C15H21NO3/c1-10(12-4-3-5-12)16-8-11-6-13(17-2)15-14(7-11)18-9-19-15/h6-7,10,12,16H,3-5,8-9H2,1-2H3. The van der Waals surface area contributed by atoms with Gasteiger partial charge in [0, 0.05) is 12.6 Å². The second-order valence-electron chi connectivity index (χ2n) is 5.39. The molecule has 4 heteroatoms. The Morgan fingerprint density at radius 1 is 1.37 bits per heavy atom. The molecule has 1 saturated carbocycles. The molecule has 19 heavy (non-hydrogen) atoms. The van der Waals surface area contributed by atoms with E-state index in [4.69, 9.17) is 14.2 Å². The van der Waals surface area contributed by atoms with Crippen LogP contribution in [0.3, 0.4) is 0 Å². The first kappa shape index (κ1) is 12.6. The van der Waals surface area contributed by atoms with Crippen molar-refractivity contribution in [1.82, 2.24) is 5.32 Å². The molecule has 1 aromatic carbocycles. The van der Waals surface area contributed by atoms with E-state index in [2.05, 4.69) is 12.2 Å². The van der Waals surface area contributed by atoms with Crippen molar-refractivity contribution in [2.45, 2.75) is 38.8 Å². The lowest BCUT2D eigenvalue weighted by Gasteiger charge is -2.32. The summed E-state index contributed by atoms with van der Waals surface area (Å²) >= 11 is 0. The lowest BCUT2D eigenvalue weighted by atomic mass is 9.80. The van der Waals surface area contributed by atoms with E-state index in [-0.39, 0.29) is 6.79 Å². The van der Waals surface area contributed by atoms with Crippen LogP contribution < -0.4 is 19.5 Å². The van der Waals surface area contributed by atoms with Crippen LogP contribution in [0.5, 0.6) is 17.2 Å². The maximum atomic E-state index is 5.44. The molecule has 4 nitrogen and oxygen atoms in total. The van der Waals surface area contributed by atoms with Crippen LogP contribution in [0.1, 0.15) is 31.7 Å². The molecular weight excluding hydrogens is 242 g/mol. The molecule has 0 spiro atoms. The van der Waals surface area contributed by atoms with Crippen molar-refractivity contribution in [3.63, 3.8) is 0 Å². The summed E-state index contributed by atoms with van der Waals surface area (Å²) in [5.41, 5.74) is 1.17. The fourth-order valence-electron chi connectivity index (χ4n) is 2.67. The van der Waals surface area contributed by atoms with Gasteiger partial charge in [0.1, 0.15) is 0 Å². The topological polar surface area (TPSA) is 39.7 Å². The second kappa shape index (κ2) is 5.29. The molecule has 1 fully saturated rings. The minimum Gasteiger partial charge on any atom is -0.493 e. The molecule has 2 aliphatic rings. The summed E-state index contributed by atoms with van der Waals surface area (Å²) in [6, 6.07) is 4.63. The summed E-state index contributed by atoms with van der Waals surface area (Å²) in [7, 11) is 1.66. The Morgan fingerprint density at radius 2 is 2.21 bits per heavy atom. The minimum atomic E-state index is 0.279. The van der Waals surface area contributed by atoms with Crippen molar-refractivity contribution in [2.75, 3.05) is 13.9 Å². The van der Waals surface area contributed by atoms with Gasteiger partial charge >= 0.3 is 0 Å². The van der Waals surface area contributed by atoms with Crippen LogP contribution in [-0.2, 0) is 6.54 Å². The zero-order chi connectivity index (χ0) is 13.2. The van der Waals surface area contributed by atoms with Gasteiger partial charge in [-0.2, -0.15) is 0 Å². The lowest BCUT2D eigenvalue weighted by molar-refractivity contribution is 0.171. The molecular formula is C15H21NO3. The van der Waals surface area contributed by atoms with Crippen LogP contribution in [-0.4, -0.2) is 19.9 Å². The highest BCUT2D eigenvalue weighted by molar-refractivity contribution is 5.55. The number of hydrogen-bond donors (Lipinski definition) is 1. The highest BCUT2D eigenvalue weighted by Gasteiger charge is 2.24. The quantitative estimate of drug-likeness (QED) is 0.886. The third-order valence-corrected chi connectivity index (χ3v) is 4.20.